The fraction of sp³-hybridized carbons (Fsp3) is 0.273. The minimum Gasteiger partial charge on any atom is -0.482 e. The van der Waals surface area contributed by atoms with Crippen molar-refractivity contribution in [3.05, 3.63) is 58.7 Å². The van der Waals surface area contributed by atoms with Crippen LogP contribution >= 0.6 is 0 Å². The smallest absolute Gasteiger partial charge is 0.306 e. The summed E-state index contributed by atoms with van der Waals surface area (Å²) in [5.74, 6) is -1.00. The number of hydrogen-bond donors (Lipinski definition) is 1. The Bertz CT molecular complexity index is 995. The Morgan fingerprint density at radius 3 is 2.62 bits per heavy atom. The molecule has 150 valence electrons. The normalized spacial score (nSPS) is 12.4. The second-order valence-electron chi connectivity index (χ2n) is 6.87. The summed E-state index contributed by atoms with van der Waals surface area (Å²) in [4.78, 5) is 47.9. The van der Waals surface area contributed by atoms with Gasteiger partial charge in [0.05, 0.1) is 12.1 Å². The third-order valence-corrected chi connectivity index (χ3v) is 4.55. The van der Waals surface area contributed by atoms with Crippen LogP contribution in [0.3, 0.4) is 0 Å². The highest BCUT2D eigenvalue weighted by Gasteiger charge is 2.19. The highest BCUT2D eigenvalue weighted by molar-refractivity contribution is 6.02. The van der Waals surface area contributed by atoms with Crippen LogP contribution in [0.2, 0.25) is 0 Å². The molecular weight excluding hydrogens is 374 g/mol. The highest BCUT2D eigenvalue weighted by atomic mass is 16.5. The van der Waals surface area contributed by atoms with Crippen molar-refractivity contribution in [3.8, 4) is 5.75 Å². The van der Waals surface area contributed by atoms with Crippen LogP contribution in [0.5, 0.6) is 5.75 Å². The SMILES string of the molecule is Cc1ccc(C)c(C(=O)CCC(=O)OCC(=O)c2ccc3c(c2)NC(=O)CO3)c1. The van der Waals surface area contributed by atoms with E-state index in [1.807, 2.05) is 26.0 Å². The molecular formula is C22H21NO6. The highest BCUT2D eigenvalue weighted by Crippen LogP contribution is 2.28. The molecule has 0 fully saturated rings. The maximum Gasteiger partial charge on any atom is 0.306 e. The molecule has 1 aliphatic heterocycles. The van der Waals surface area contributed by atoms with Gasteiger partial charge in [0.1, 0.15) is 5.75 Å². The molecule has 1 amide bonds. The quantitative estimate of drug-likeness (QED) is 0.572. The monoisotopic (exact) mass is 395 g/mol. The Hall–Kier alpha value is -3.48. The Morgan fingerprint density at radius 1 is 1.03 bits per heavy atom. The molecule has 0 saturated carbocycles. The molecule has 7 heteroatoms. The van der Waals surface area contributed by atoms with E-state index >= 15 is 0 Å². The number of anilines is 1. The molecule has 0 aliphatic carbocycles. The lowest BCUT2D eigenvalue weighted by atomic mass is 9.99. The predicted molar refractivity (Wildman–Crippen MR) is 105 cm³/mol. The van der Waals surface area contributed by atoms with E-state index in [4.69, 9.17) is 9.47 Å². The van der Waals surface area contributed by atoms with Crippen molar-refractivity contribution in [1.29, 1.82) is 0 Å². The van der Waals surface area contributed by atoms with E-state index in [9.17, 15) is 19.2 Å². The molecule has 2 aromatic carbocycles. The fourth-order valence-corrected chi connectivity index (χ4v) is 2.94. The third-order valence-electron chi connectivity index (χ3n) is 4.55. The molecule has 7 nitrogen and oxygen atoms in total. The van der Waals surface area contributed by atoms with Crippen molar-refractivity contribution in [3.63, 3.8) is 0 Å². The number of ketones is 2. The zero-order valence-corrected chi connectivity index (χ0v) is 16.2. The molecule has 0 unspecified atom stereocenters. The molecule has 0 atom stereocenters. The number of aryl methyl sites for hydroxylation is 2. The van der Waals surface area contributed by atoms with Gasteiger partial charge in [0.15, 0.2) is 24.8 Å². The van der Waals surface area contributed by atoms with E-state index in [0.29, 0.717) is 17.0 Å². The van der Waals surface area contributed by atoms with E-state index in [1.165, 1.54) is 12.1 Å². The Balaban J connectivity index is 1.51. The number of rotatable bonds is 7. The Morgan fingerprint density at radius 2 is 1.83 bits per heavy atom. The number of fused-ring (bicyclic) bond motifs is 1. The minimum atomic E-state index is -0.619. The maximum absolute atomic E-state index is 12.3. The largest absolute Gasteiger partial charge is 0.482 e. The number of nitrogens with one attached hydrogen (secondary N) is 1. The van der Waals surface area contributed by atoms with Crippen LogP contribution in [0.4, 0.5) is 5.69 Å². The predicted octanol–water partition coefficient (Wildman–Crippen LogP) is 3.02. The van der Waals surface area contributed by atoms with Gasteiger partial charge < -0.3 is 14.8 Å². The van der Waals surface area contributed by atoms with E-state index in [0.717, 1.165) is 11.1 Å². The number of esters is 1. The van der Waals surface area contributed by atoms with Crippen molar-refractivity contribution in [2.75, 3.05) is 18.5 Å². The van der Waals surface area contributed by atoms with Crippen molar-refractivity contribution < 1.29 is 28.7 Å². The minimum absolute atomic E-state index is 0.0134. The van der Waals surface area contributed by atoms with Crippen LogP contribution in [-0.2, 0) is 14.3 Å². The van der Waals surface area contributed by atoms with Gasteiger partial charge in [0.2, 0.25) is 0 Å². The molecule has 1 heterocycles. The van der Waals surface area contributed by atoms with Crippen LogP contribution < -0.4 is 10.1 Å². The number of ether oxygens (including phenoxy) is 2. The summed E-state index contributed by atoms with van der Waals surface area (Å²) in [6, 6.07) is 10.2. The van der Waals surface area contributed by atoms with E-state index < -0.39 is 18.4 Å². The number of carbonyl (C=O) groups excluding carboxylic acids is 4. The first kappa shape index (κ1) is 20.3. The lowest BCUT2D eigenvalue weighted by Crippen LogP contribution is -2.25. The van der Waals surface area contributed by atoms with Crippen molar-refractivity contribution in [2.24, 2.45) is 0 Å². The number of carbonyl (C=O) groups is 4. The van der Waals surface area contributed by atoms with Crippen molar-refractivity contribution >= 4 is 29.1 Å². The zero-order chi connectivity index (χ0) is 21.0. The molecule has 2 aromatic rings. The van der Waals surface area contributed by atoms with E-state index in [1.54, 1.807) is 12.1 Å². The average molecular weight is 395 g/mol. The third kappa shape index (κ3) is 5.07. The maximum atomic E-state index is 12.3. The van der Waals surface area contributed by atoms with Gasteiger partial charge in [0.25, 0.3) is 5.91 Å². The molecule has 29 heavy (non-hydrogen) atoms. The summed E-state index contributed by atoms with van der Waals surface area (Å²) in [5.41, 5.74) is 3.10. The number of benzene rings is 2. The molecule has 0 saturated heterocycles. The summed E-state index contributed by atoms with van der Waals surface area (Å²) in [6.07, 6.45) is -0.0902. The van der Waals surface area contributed by atoms with Gasteiger partial charge in [-0.25, -0.2) is 0 Å². The van der Waals surface area contributed by atoms with Crippen LogP contribution in [0.1, 0.15) is 44.7 Å². The van der Waals surface area contributed by atoms with E-state index in [2.05, 4.69) is 5.32 Å². The fourth-order valence-electron chi connectivity index (χ4n) is 2.94. The summed E-state index contributed by atoms with van der Waals surface area (Å²) in [5, 5.41) is 2.62. The second kappa shape index (κ2) is 8.68. The van der Waals surface area contributed by atoms with Gasteiger partial charge >= 0.3 is 5.97 Å². The van der Waals surface area contributed by atoms with Crippen molar-refractivity contribution in [1.82, 2.24) is 0 Å². The molecule has 1 aliphatic rings. The number of hydrogen-bond acceptors (Lipinski definition) is 6. The van der Waals surface area contributed by atoms with E-state index in [-0.39, 0.29) is 36.7 Å². The van der Waals surface area contributed by atoms with Gasteiger partial charge in [-0.2, -0.15) is 0 Å². The van der Waals surface area contributed by atoms with Crippen LogP contribution in [-0.4, -0.2) is 36.7 Å². The molecule has 0 bridgehead atoms. The number of Topliss-reactive ketones (excluding diaryl/α,β-unsaturated/α-hetero) is 2. The van der Waals surface area contributed by atoms with Crippen LogP contribution in [0, 0.1) is 13.8 Å². The topological polar surface area (TPSA) is 98.8 Å². The molecule has 0 radical (unpaired) electrons. The molecule has 0 spiro atoms. The van der Waals surface area contributed by atoms with Crippen LogP contribution in [0.15, 0.2) is 36.4 Å². The van der Waals surface area contributed by atoms with Gasteiger partial charge in [0, 0.05) is 17.5 Å². The van der Waals surface area contributed by atoms with Gasteiger partial charge in [-0.15, -0.1) is 0 Å². The standard InChI is InChI=1S/C22H21NO6/c1-13-3-4-14(2)16(9-13)18(24)6-8-22(27)29-11-19(25)15-5-7-20-17(10-15)23-21(26)12-28-20/h3-5,7,9-10H,6,8,11-12H2,1-2H3,(H,23,26). The van der Waals surface area contributed by atoms with Gasteiger partial charge in [-0.1, -0.05) is 17.7 Å². The molecule has 0 aromatic heterocycles. The lowest BCUT2D eigenvalue weighted by Gasteiger charge is -2.18. The second-order valence-corrected chi connectivity index (χ2v) is 6.87. The molecule has 1 N–H and O–H groups in total. The lowest BCUT2D eigenvalue weighted by molar-refractivity contribution is -0.142. The average Bonchev–Trinajstić information content (AvgIpc) is 2.71. The van der Waals surface area contributed by atoms with Crippen LogP contribution in [0.25, 0.3) is 0 Å². The Labute approximate surface area is 168 Å². The first-order chi connectivity index (χ1) is 13.8. The summed E-state index contributed by atoms with van der Waals surface area (Å²) in [6.45, 7) is 3.23. The Kier molecular flexibility index (Phi) is 6.07. The van der Waals surface area contributed by atoms with Gasteiger partial charge in [-0.05, 0) is 43.7 Å². The first-order valence-electron chi connectivity index (χ1n) is 9.19. The van der Waals surface area contributed by atoms with Gasteiger partial charge in [-0.3, -0.25) is 19.2 Å². The first-order valence-corrected chi connectivity index (χ1v) is 9.19. The number of amides is 1. The molecule has 3 rings (SSSR count). The summed E-state index contributed by atoms with van der Waals surface area (Å²) in [7, 11) is 0. The zero-order valence-electron chi connectivity index (χ0n) is 16.2. The van der Waals surface area contributed by atoms with Crippen molar-refractivity contribution in [2.45, 2.75) is 26.7 Å². The summed E-state index contributed by atoms with van der Waals surface area (Å²) >= 11 is 0. The summed E-state index contributed by atoms with van der Waals surface area (Å²) < 4.78 is 10.2.